The minimum atomic E-state index is 0.150. The van der Waals surface area contributed by atoms with E-state index in [1.807, 2.05) is 27.9 Å². The maximum Gasteiger partial charge on any atom is 0.327 e. The zero-order valence-corrected chi connectivity index (χ0v) is 12.9. The predicted molar refractivity (Wildman–Crippen MR) is 78.5 cm³/mol. The third kappa shape index (κ3) is 3.56. The van der Waals surface area contributed by atoms with E-state index in [0.29, 0.717) is 23.2 Å². The lowest BCUT2D eigenvalue weighted by atomic mass is 10.2. The summed E-state index contributed by atoms with van der Waals surface area (Å²) >= 11 is 0. The molecule has 2 aromatic heterocycles. The number of hydrogen-bond acceptors (Lipinski definition) is 6. The van der Waals surface area contributed by atoms with Gasteiger partial charge < -0.3 is 14.8 Å². The molecule has 0 saturated carbocycles. The standard InChI is InChI=1S/C14H19N5O2/c1-9(2)12-15-13(18(4)5)17-14(16-12)21-11-7-6-10(3)19(20)8-11/h6-9H,1-5H3. The zero-order valence-electron chi connectivity index (χ0n) is 12.9. The summed E-state index contributed by atoms with van der Waals surface area (Å²) in [7, 11) is 3.70. The topological polar surface area (TPSA) is 78.1 Å². The fraction of sp³-hybridized carbons (Fsp3) is 0.429. The van der Waals surface area contributed by atoms with Crippen molar-refractivity contribution in [2.24, 2.45) is 0 Å². The molecular weight excluding hydrogens is 270 g/mol. The van der Waals surface area contributed by atoms with Gasteiger partial charge in [-0.15, -0.1) is 0 Å². The highest BCUT2D eigenvalue weighted by Crippen LogP contribution is 2.20. The summed E-state index contributed by atoms with van der Waals surface area (Å²) in [6.07, 6.45) is 1.35. The Labute approximate surface area is 123 Å². The number of rotatable bonds is 4. The second kappa shape index (κ2) is 5.90. The first-order valence-corrected chi connectivity index (χ1v) is 6.68. The van der Waals surface area contributed by atoms with E-state index in [4.69, 9.17) is 4.74 Å². The molecule has 0 radical (unpaired) electrons. The van der Waals surface area contributed by atoms with Crippen molar-refractivity contribution in [1.82, 2.24) is 15.0 Å². The quantitative estimate of drug-likeness (QED) is 0.631. The highest BCUT2D eigenvalue weighted by Gasteiger charge is 2.13. The number of hydrogen-bond donors (Lipinski definition) is 0. The van der Waals surface area contributed by atoms with Crippen LogP contribution in [0.4, 0.5) is 5.95 Å². The van der Waals surface area contributed by atoms with Gasteiger partial charge in [0.2, 0.25) is 12.1 Å². The molecule has 0 aliphatic carbocycles. The van der Waals surface area contributed by atoms with Crippen LogP contribution in [0.5, 0.6) is 11.8 Å². The van der Waals surface area contributed by atoms with Crippen LogP contribution in [0.25, 0.3) is 0 Å². The predicted octanol–water partition coefficient (Wildman–Crippen LogP) is 1.80. The van der Waals surface area contributed by atoms with E-state index in [1.54, 1.807) is 24.0 Å². The van der Waals surface area contributed by atoms with E-state index in [9.17, 15) is 5.21 Å². The maximum atomic E-state index is 11.6. The van der Waals surface area contributed by atoms with Crippen LogP contribution in [0.1, 0.15) is 31.3 Å². The molecule has 0 unspecified atom stereocenters. The Hall–Kier alpha value is -2.44. The Kier molecular flexibility index (Phi) is 4.21. The smallest absolute Gasteiger partial charge is 0.327 e. The first-order valence-electron chi connectivity index (χ1n) is 6.68. The summed E-state index contributed by atoms with van der Waals surface area (Å²) in [6.45, 7) is 5.72. The molecule has 112 valence electrons. The molecule has 0 aliphatic heterocycles. The fourth-order valence-electron chi connectivity index (χ4n) is 1.57. The van der Waals surface area contributed by atoms with Gasteiger partial charge in [0.25, 0.3) is 0 Å². The monoisotopic (exact) mass is 289 g/mol. The molecule has 2 heterocycles. The van der Waals surface area contributed by atoms with Crippen molar-refractivity contribution in [1.29, 1.82) is 0 Å². The lowest BCUT2D eigenvalue weighted by Crippen LogP contribution is -2.29. The second-order valence-electron chi connectivity index (χ2n) is 5.26. The van der Waals surface area contributed by atoms with Gasteiger partial charge in [-0.05, 0) is 6.07 Å². The van der Waals surface area contributed by atoms with Crippen LogP contribution in [0.3, 0.4) is 0 Å². The van der Waals surface area contributed by atoms with Crippen LogP contribution in [0.2, 0.25) is 0 Å². The molecular formula is C14H19N5O2. The molecule has 0 N–H and O–H groups in total. The Morgan fingerprint density at radius 3 is 2.48 bits per heavy atom. The van der Waals surface area contributed by atoms with E-state index in [0.717, 1.165) is 4.73 Å². The van der Waals surface area contributed by atoms with Gasteiger partial charge >= 0.3 is 6.01 Å². The molecule has 0 aromatic carbocycles. The number of aromatic nitrogens is 4. The first kappa shape index (κ1) is 15.0. The van der Waals surface area contributed by atoms with E-state index >= 15 is 0 Å². The van der Waals surface area contributed by atoms with Gasteiger partial charge in [0.05, 0.1) is 0 Å². The number of aryl methyl sites for hydroxylation is 1. The van der Waals surface area contributed by atoms with Crippen molar-refractivity contribution in [2.75, 3.05) is 19.0 Å². The van der Waals surface area contributed by atoms with E-state index in [1.165, 1.54) is 6.20 Å². The Bertz CT molecular complexity index is 617. The number of pyridine rings is 1. The minimum Gasteiger partial charge on any atom is -0.618 e. The molecule has 0 fully saturated rings. The third-order valence-corrected chi connectivity index (χ3v) is 2.83. The van der Waals surface area contributed by atoms with Crippen molar-refractivity contribution < 1.29 is 9.47 Å². The summed E-state index contributed by atoms with van der Waals surface area (Å²) in [6, 6.07) is 3.57. The van der Waals surface area contributed by atoms with E-state index < -0.39 is 0 Å². The molecule has 2 aromatic rings. The van der Waals surface area contributed by atoms with Crippen molar-refractivity contribution in [3.8, 4) is 11.8 Å². The van der Waals surface area contributed by atoms with Gasteiger partial charge in [-0.2, -0.15) is 19.7 Å². The molecule has 7 nitrogen and oxygen atoms in total. The maximum absolute atomic E-state index is 11.6. The van der Waals surface area contributed by atoms with Crippen LogP contribution >= 0.6 is 0 Å². The average molecular weight is 289 g/mol. The van der Waals surface area contributed by atoms with Crippen LogP contribution in [-0.4, -0.2) is 29.0 Å². The lowest BCUT2D eigenvalue weighted by molar-refractivity contribution is -0.612. The summed E-state index contributed by atoms with van der Waals surface area (Å²) < 4.78 is 6.33. The summed E-state index contributed by atoms with van der Waals surface area (Å²) in [5, 5.41) is 11.6. The third-order valence-electron chi connectivity index (χ3n) is 2.83. The van der Waals surface area contributed by atoms with Crippen molar-refractivity contribution in [3.05, 3.63) is 35.1 Å². The molecule has 0 aliphatic rings. The number of nitrogens with zero attached hydrogens (tertiary/aromatic N) is 5. The van der Waals surface area contributed by atoms with Gasteiger partial charge in [-0.1, -0.05) is 13.8 Å². The van der Waals surface area contributed by atoms with E-state index in [-0.39, 0.29) is 11.9 Å². The average Bonchev–Trinajstić information content (AvgIpc) is 2.42. The van der Waals surface area contributed by atoms with Crippen molar-refractivity contribution in [2.45, 2.75) is 26.7 Å². The second-order valence-corrected chi connectivity index (χ2v) is 5.26. The molecule has 0 bridgehead atoms. The van der Waals surface area contributed by atoms with Crippen molar-refractivity contribution >= 4 is 5.95 Å². The van der Waals surface area contributed by atoms with E-state index in [2.05, 4.69) is 15.0 Å². The van der Waals surface area contributed by atoms with Crippen molar-refractivity contribution in [3.63, 3.8) is 0 Å². The van der Waals surface area contributed by atoms with Crippen LogP contribution < -0.4 is 14.4 Å². The summed E-state index contributed by atoms with van der Waals surface area (Å²) in [4.78, 5) is 14.7. The lowest BCUT2D eigenvalue weighted by Gasteiger charge is -2.14. The molecule has 0 amide bonds. The first-order chi connectivity index (χ1) is 9.86. The van der Waals surface area contributed by atoms with Gasteiger partial charge in [-0.3, -0.25) is 0 Å². The largest absolute Gasteiger partial charge is 0.618 e. The van der Waals surface area contributed by atoms with Crippen LogP contribution in [-0.2, 0) is 0 Å². The highest BCUT2D eigenvalue weighted by molar-refractivity contribution is 5.30. The molecule has 0 spiro atoms. The van der Waals surface area contributed by atoms with Crippen LogP contribution in [0.15, 0.2) is 18.3 Å². The zero-order chi connectivity index (χ0) is 15.6. The molecule has 7 heteroatoms. The van der Waals surface area contributed by atoms with Gasteiger partial charge in [-0.25, -0.2) is 0 Å². The highest BCUT2D eigenvalue weighted by atomic mass is 16.5. The van der Waals surface area contributed by atoms with Gasteiger partial charge in [0.1, 0.15) is 5.82 Å². The normalized spacial score (nSPS) is 10.8. The van der Waals surface area contributed by atoms with Crippen LogP contribution in [0, 0.1) is 12.1 Å². The molecule has 0 atom stereocenters. The fourth-order valence-corrected chi connectivity index (χ4v) is 1.57. The molecule has 2 rings (SSSR count). The Morgan fingerprint density at radius 2 is 1.90 bits per heavy atom. The summed E-state index contributed by atoms with van der Waals surface area (Å²) in [5.41, 5.74) is 0.592. The Balaban J connectivity index is 2.36. The molecule has 0 saturated heterocycles. The minimum absolute atomic E-state index is 0.150. The number of ether oxygens (including phenoxy) is 1. The SMILES string of the molecule is Cc1ccc(Oc2nc(C(C)C)nc(N(C)C)n2)c[n+]1[O-]. The van der Waals surface area contributed by atoms with Gasteiger partial charge in [0, 0.05) is 33.0 Å². The summed E-state index contributed by atoms with van der Waals surface area (Å²) in [5.74, 6) is 1.70. The molecule has 21 heavy (non-hydrogen) atoms. The van der Waals surface area contributed by atoms with Gasteiger partial charge in [0.15, 0.2) is 11.4 Å². The Morgan fingerprint density at radius 1 is 1.19 bits per heavy atom. The number of anilines is 1.